The quantitative estimate of drug-likeness (QED) is 0.559. The van der Waals surface area contributed by atoms with Gasteiger partial charge >= 0.3 is 0 Å². The Balaban J connectivity index is 1.57. The zero-order chi connectivity index (χ0) is 20.0. The van der Waals surface area contributed by atoms with Crippen molar-refractivity contribution in [2.24, 2.45) is 7.05 Å². The first-order chi connectivity index (χ1) is 14.1. The predicted octanol–water partition coefficient (Wildman–Crippen LogP) is 3.79. The summed E-state index contributed by atoms with van der Waals surface area (Å²) in [5, 5.41) is 13.9. The average molecular weight is 408 g/mol. The molecule has 0 unspecified atom stereocenters. The summed E-state index contributed by atoms with van der Waals surface area (Å²) in [7, 11) is 1.74. The fraction of sp³-hybridized carbons (Fsp3) is 0.318. The van der Waals surface area contributed by atoms with Gasteiger partial charge in [0.25, 0.3) is 5.56 Å². The van der Waals surface area contributed by atoms with Gasteiger partial charge in [0.1, 0.15) is 0 Å². The monoisotopic (exact) mass is 407 g/mol. The van der Waals surface area contributed by atoms with Crippen LogP contribution in [0.2, 0.25) is 5.02 Å². The summed E-state index contributed by atoms with van der Waals surface area (Å²) >= 11 is 6.10. The molecule has 4 aromatic rings. The molecule has 2 heterocycles. The van der Waals surface area contributed by atoms with Gasteiger partial charge in [0.05, 0.1) is 17.4 Å². The molecule has 148 valence electrons. The third kappa shape index (κ3) is 2.94. The van der Waals surface area contributed by atoms with Crippen LogP contribution in [0.15, 0.2) is 53.3 Å². The molecule has 6 nitrogen and oxygen atoms in total. The lowest BCUT2D eigenvalue weighted by atomic mass is 9.88. The summed E-state index contributed by atoms with van der Waals surface area (Å²) in [4.78, 5) is 12.6. The van der Waals surface area contributed by atoms with E-state index >= 15 is 0 Å². The molecule has 1 aliphatic carbocycles. The lowest BCUT2D eigenvalue weighted by Crippen LogP contribution is -2.39. The highest BCUT2D eigenvalue weighted by atomic mass is 35.5. The molecule has 1 aliphatic rings. The van der Waals surface area contributed by atoms with Crippen molar-refractivity contribution >= 4 is 28.3 Å². The van der Waals surface area contributed by atoms with Gasteiger partial charge in [0, 0.05) is 17.6 Å². The van der Waals surface area contributed by atoms with Gasteiger partial charge < -0.3 is 5.32 Å². The van der Waals surface area contributed by atoms with Crippen molar-refractivity contribution in [3.8, 4) is 0 Å². The number of benzene rings is 2. The van der Waals surface area contributed by atoms with E-state index in [0.717, 1.165) is 29.2 Å². The number of nitrogens with zero attached hydrogens (tertiary/aromatic N) is 4. The van der Waals surface area contributed by atoms with Gasteiger partial charge in [-0.25, -0.2) is 0 Å². The molecule has 0 saturated heterocycles. The van der Waals surface area contributed by atoms with Gasteiger partial charge in [0.15, 0.2) is 5.82 Å². The number of para-hydroxylation sites is 1. The van der Waals surface area contributed by atoms with E-state index < -0.39 is 0 Å². The normalized spacial score (nSPS) is 16.1. The van der Waals surface area contributed by atoms with Crippen LogP contribution in [0.3, 0.4) is 0 Å². The minimum Gasteiger partial charge on any atom is -0.300 e. The van der Waals surface area contributed by atoms with Crippen LogP contribution in [0.25, 0.3) is 16.7 Å². The van der Waals surface area contributed by atoms with Crippen LogP contribution in [-0.2, 0) is 19.1 Å². The largest absolute Gasteiger partial charge is 0.300 e. The first-order valence-electron chi connectivity index (χ1n) is 9.92. The Morgan fingerprint density at radius 3 is 2.55 bits per heavy atom. The topological polar surface area (TPSA) is 64.2 Å². The molecule has 2 aromatic carbocycles. The average Bonchev–Trinajstić information content (AvgIpc) is 3.39. The first-order valence-corrected chi connectivity index (χ1v) is 10.3. The number of hydrogen-bond acceptors (Lipinski definition) is 4. The number of rotatable bonds is 4. The molecule has 1 saturated carbocycles. The van der Waals surface area contributed by atoms with Crippen LogP contribution in [-0.4, -0.2) is 19.2 Å². The van der Waals surface area contributed by atoms with Crippen LogP contribution in [0.5, 0.6) is 0 Å². The third-order valence-electron chi connectivity index (χ3n) is 6.13. The van der Waals surface area contributed by atoms with Crippen LogP contribution < -0.4 is 10.9 Å². The van der Waals surface area contributed by atoms with Crippen molar-refractivity contribution in [1.29, 1.82) is 0 Å². The summed E-state index contributed by atoms with van der Waals surface area (Å²) in [6.07, 6.45) is 4.52. The van der Waals surface area contributed by atoms with E-state index in [0.29, 0.717) is 17.7 Å². The van der Waals surface area contributed by atoms with Gasteiger partial charge in [0.2, 0.25) is 5.78 Å². The molecule has 0 atom stereocenters. The van der Waals surface area contributed by atoms with Crippen molar-refractivity contribution in [2.45, 2.75) is 37.8 Å². The summed E-state index contributed by atoms with van der Waals surface area (Å²) in [5.41, 5.74) is 1.94. The molecule has 0 radical (unpaired) electrons. The van der Waals surface area contributed by atoms with Gasteiger partial charge in [-0.2, -0.15) is 0 Å². The van der Waals surface area contributed by atoms with Crippen LogP contribution in [0.4, 0.5) is 0 Å². The maximum atomic E-state index is 12.6. The van der Waals surface area contributed by atoms with Gasteiger partial charge in [-0.05, 0) is 42.7 Å². The lowest BCUT2D eigenvalue weighted by molar-refractivity contribution is 0.334. The van der Waals surface area contributed by atoms with Crippen molar-refractivity contribution < 1.29 is 0 Å². The molecule has 1 fully saturated rings. The number of nitrogens with one attached hydrogen (secondary N) is 1. The first kappa shape index (κ1) is 18.3. The summed E-state index contributed by atoms with van der Waals surface area (Å²) in [6, 6.07) is 15.7. The Kier molecular flexibility index (Phi) is 4.41. The standard InChI is InChI=1S/C22H22ClN5O/c1-27-20(29)17-6-2-3-7-18(17)28-19(25-26-21(27)28)14-24-22(12-4-5-13-22)15-8-10-16(23)11-9-15/h2-3,6-11,24H,4-5,12-14H2,1H3. The second-order valence-corrected chi connectivity index (χ2v) is 8.22. The highest BCUT2D eigenvalue weighted by Crippen LogP contribution is 2.39. The number of halogens is 1. The van der Waals surface area contributed by atoms with Crippen LogP contribution in [0.1, 0.15) is 37.1 Å². The zero-order valence-electron chi connectivity index (χ0n) is 16.2. The van der Waals surface area contributed by atoms with E-state index in [1.54, 1.807) is 11.6 Å². The molecule has 2 aromatic heterocycles. The van der Waals surface area contributed by atoms with Crippen molar-refractivity contribution in [1.82, 2.24) is 24.5 Å². The Bertz CT molecular complexity index is 1250. The second kappa shape index (κ2) is 6.97. The van der Waals surface area contributed by atoms with Gasteiger partial charge in [-0.3, -0.25) is 13.8 Å². The minimum atomic E-state index is -0.0904. The summed E-state index contributed by atoms with van der Waals surface area (Å²) < 4.78 is 3.54. The number of aromatic nitrogens is 4. The molecule has 0 spiro atoms. The number of fused-ring (bicyclic) bond motifs is 3. The fourth-order valence-electron chi connectivity index (χ4n) is 4.57. The predicted molar refractivity (Wildman–Crippen MR) is 114 cm³/mol. The van der Waals surface area contributed by atoms with Gasteiger partial charge in [-0.15, -0.1) is 10.2 Å². The molecule has 0 aliphatic heterocycles. The molecular weight excluding hydrogens is 386 g/mol. The zero-order valence-corrected chi connectivity index (χ0v) is 17.0. The molecular formula is C22H22ClN5O. The van der Waals surface area contributed by atoms with Gasteiger partial charge in [-0.1, -0.05) is 48.7 Å². The molecule has 7 heteroatoms. The fourth-order valence-corrected chi connectivity index (χ4v) is 4.70. The van der Waals surface area contributed by atoms with E-state index in [4.69, 9.17) is 11.6 Å². The SMILES string of the molecule is Cn1c(=O)c2ccccc2n2c(CNC3(c4ccc(Cl)cc4)CCCC3)nnc12. The van der Waals surface area contributed by atoms with E-state index in [1.165, 1.54) is 18.4 Å². The molecule has 29 heavy (non-hydrogen) atoms. The Morgan fingerprint density at radius 2 is 1.79 bits per heavy atom. The van der Waals surface area contributed by atoms with E-state index in [-0.39, 0.29) is 11.1 Å². The second-order valence-electron chi connectivity index (χ2n) is 7.78. The van der Waals surface area contributed by atoms with E-state index in [9.17, 15) is 4.79 Å². The van der Waals surface area contributed by atoms with E-state index in [1.807, 2.05) is 40.8 Å². The Labute approximate surface area is 173 Å². The molecule has 5 rings (SSSR count). The molecule has 1 N–H and O–H groups in total. The third-order valence-corrected chi connectivity index (χ3v) is 6.38. The smallest absolute Gasteiger partial charge is 0.262 e. The highest BCUT2D eigenvalue weighted by molar-refractivity contribution is 6.30. The highest BCUT2D eigenvalue weighted by Gasteiger charge is 2.35. The van der Waals surface area contributed by atoms with Crippen molar-refractivity contribution in [3.05, 3.63) is 75.3 Å². The Hall–Kier alpha value is -2.70. The summed E-state index contributed by atoms with van der Waals surface area (Å²) in [6.45, 7) is 0.561. The molecule has 0 bridgehead atoms. The van der Waals surface area contributed by atoms with Crippen molar-refractivity contribution in [3.63, 3.8) is 0 Å². The molecule has 0 amide bonds. The maximum absolute atomic E-state index is 12.6. The number of hydrogen-bond donors (Lipinski definition) is 1. The minimum absolute atomic E-state index is 0.0616. The Morgan fingerprint density at radius 1 is 1.07 bits per heavy atom. The van der Waals surface area contributed by atoms with Crippen molar-refractivity contribution in [2.75, 3.05) is 0 Å². The summed E-state index contributed by atoms with van der Waals surface area (Å²) in [5.74, 6) is 1.35. The van der Waals surface area contributed by atoms with Crippen LogP contribution >= 0.6 is 11.6 Å². The lowest BCUT2D eigenvalue weighted by Gasteiger charge is -2.31. The maximum Gasteiger partial charge on any atom is 0.262 e. The number of aryl methyl sites for hydroxylation is 1. The van der Waals surface area contributed by atoms with Crippen LogP contribution in [0, 0.1) is 0 Å². The van der Waals surface area contributed by atoms with E-state index in [2.05, 4.69) is 27.6 Å².